The molecule has 0 saturated carbocycles. The molecule has 7 nitrogen and oxygen atoms in total. The van der Waals surface area contributed by atoms with Crippen molar-refractivity contribution in [3.8, 4) is 0 Å². The van der Waals surface area contributed by atoms with Crippen LogP contribution in [0.2, 0.25) is 0 Å². The van der Waals surface area contributed by atoms with Gasteiger partial charge in [-0.1, -0.05) is 30.4 Å². The van der Waals surface area contributed by atoms with Crippen LogP contribution in [0.15, 0.2) is 48.5 Å². The topological polar surface area (TPSA) is 65.3 Å². The van der Waals surface area contributed by atoms with Gasteiger partial charge in [-0.25, -0.2) is 15.0 Å². The van der Waals surface area contributed by atoms with Gasteiger partial charge in [0, 0.05) is 31.9 Å². The summed E-state index contributed by atoms with van der Waals surface area (Å²) >= 11 is 4.75. The summed E-state index contributed by atoms with van der Waals surface area (Å²) < 4.78 is 20.2. The standard InChI is InChI=1S/C21H24FN5O2S/c22-19-12-17(27-14-18(29-21(27)28)13-26(23)15-30)6-7-20(19)25-10-8-24(9-11-25)16-4-2-1-3-5-16/h1-7,12,15,18H,8-11,13-14,23H2/t18-/m0/s1. The van der Waals surface area contributed by atoms with Gasteiger partial charge in [-0.2, -0.15) is 0 Å². The molecule has 2 heterocycles. The van der Waals surface area contributed by atoms with Gasteiger partial charge >= 0.3 is 6.09 Å². The van der Waals surface area contributed by atoms with Crippen LogP contribution in [0, 0.1) is 5.82 Å². The van der Waals surface area contributed by atoms with E-state index < -0.39 is 12.2 Å². The number of thiocarbonyl (C=S) groups is 1. The average molecular weight is 430 g/mol. The number of nitrogens with zero attached hydrogens (tertiary/aromatic N) is 4. The molecule has 1 amide bonds. The summed E-state index contributed by atoms with van der Waals surface area (Å²) in [6, 6.07) is 15.1. The molecular weight excluding hydrogens is 405 g/mol. The molecule has 2 fully saturated rings. The Kier molecular flexibility index (Phi) is 6.01. The molecule has 0 aliphatic carbocycles. The van der Waals surface area contributed by atoms with E-state index in [-0.39, 0.29) is 12.4 Å². The van der Waals surface area contributed by atoms with Crippen LogP contribution < -0.4 is 20.5 Å². The molecule has 2 aromatic carbocycles. The van der Waals surface area contributed by atoms with Gasteiger partial charge in [0.2, 0.25) is 0 Å². The van der Waals surface area contributed by atoms with Crippen molar-refractivity contribution >= 4 is 40.9 Å². The van der Waals surface area contributed by atoms with Crippen LogP contribution >= 0.6 is 12.2 Å². The second kappa shape index (κ2) is 8.85. The van der Waals surface area contributed by atoms with E-state index in [0.717, 1.165) is 26.2 Å². The number of para-hydroxylation sites is 1. The minimum Gasteiger partial charge on any atom is -0.442 e. The fourth-order valence-electron chi connectivity index (χ4n) is 3.87. The van der Waals surface area contributed by atoms with Crippen LogP contribution in [-0.2, 0) is 4.74 Å². The van der Waals surface area contributed by atoms with Gasteiger partial charge in [-0.15, -0.1) is 0 Å². The van der Waals surface area contributed by atoms with Crippen LogP contribution in [0.5, 0.6) is 0 Å². The van der Waals surface area contributed by atoms with Crippen LogP contribution in [0.1, 0.15) is 0 Å². The number of halogens is 1. The van der Waals surface area contributed by atoms with Gasteiger partial charge in [0.05, 0.1) is 30.0 Å². The molecule has 2 saturated heterocycles. The second-order valence-corrected chi connectivity index (χ2v) is 7.57. The molecule has 30 heavy (non-hydrogen) atoms. The van der Waals surface area contributed by atoms with Crippen molar-refractivity contribution < 1.29 is 13.9 Å². The monoisotopic (exact) mass is 429 g/mol. The van der Waals surface area contributed by atoms with E-state index in [1.165, 1.54) is 27.2 Å². The summed E-state index contributed by atoms with van der Waals surface area (Å²) in [4.78, 5) is 17.9. The highest BCUT2D eigenvalue weighted by molar-refractivity contribution is 7.78. The molecule has 0 aromatic heterocycles. The number of anilines is 3. The Morgan fingerprint density at radius 1 is 1.10 bits per heavy atom. The first-order valence-electron chi connectivity index (χ1n) is 9.84. The van der Waals surface area contributed by atoms with E-state index in [4.69, 9.17) is 22.8 Å². The first-order valence-corrected chi connectivity index (χ1v) is 10.3. The highest BCUT2D eigenvalue weighted by Crippen LogP contribution is 2.29. The lowest BCUT2D eigenvalue weighted by molar-refractivity contribution is 0.127. The lowest BCUT2D eigenvalue weighted by Gasteiger charge is -2.37. The smallest absolute Gasteiger partial charge is 0.414 e. The SMILES string of the molecule is NN(C=S)C[C@H]1CN(c2ccc(N3CCN(c4ccccc4)CC3)c(F)c2)C(=O)O1. The largest absolute Gasteiger partial charge is 0.442 e. The zero-order valence-corrected chi connectivity index (χ0v) is 17.3. The number of hydrazine groups is 1. The van der Waals surface area contributed by atoms with Gasteiger partial charge < -0.3 is 19.5 Å². The second-order valence-electron chi connectivity index (χ2n) is 7.36. The number of hydrogen-bond donors (Lipinski definition) is 1. The van der Waals surface area contributed by atoms with Gasteiger partial charge in [0.25, 0.3) is 0 Å². The summed E-state index contributed by atoms with van der Waals surface area (Å²) in [7, 11) is 0. The Balaban J connectivity index is 1.40. The fraction of sp³-hybridized carbons (Fsp3) is 0.333. The zero-order valence-electron chi connectivity index (χ0n) is 16.5. The number of hydrogen-bond acceptors (Lipinski definition) is 6. The van der Waals surface area contributed by atoms with Crippen LogP contribution in [0.4, 0.5) is 26.2 Å². The Labute approximate surface area is 180 Å². The third kappa shape index (κ3) is 4.31. The Hall–Kier alpha value is -2.91. The molecule has 0 radical (unpaired) electrons. The lowest BCUT2D eigenvalue weighted by atomic mass is 10.2. The summed E-state index contributed by atoms with van der Waals surface area (Å²) in [6.07, 6.45) is -0.933. The van der Waals surface area contributed by atoms with Gasteiger partial charge in [0.1, 0.15) is 11.9 Å². The molecule has 4 rings (SSSR count). The van der Waals surface area contributed by atoms with Crippen molar-refractivity contribution in [3.63, 3.8) is 0 Å². The van der Waals surface area contributed by atoms with Gasteiger partial charge in [-0.05, 0) is 30.3 Å². The van der Waals surface area contributed by atoms with Crippen molar-refractivity contribution in [3.05, 3.63) is 54.3 Å². The van der Waals surface area contributed by atoms with Gasteiger partial charge in [-0.3, -0.25) is 4.90 Å². The molecule has 158 valence electrons. The molecule has 2 aliphatic heterocycles. The van der Waals surface area contributed by atoms with Crippen molar-refractivity contribution in [2.45, 2.75) is 6.10 Å². The maximum Gasteiger partial charge on any atom is 0.414 e. The first kappa shape index (κ1) is 20.4. The van der Waals surface area contributed by atoms with Gasteiger partial charge in [0.15, 0.2) is 0 Å². The molecule has 2 aliphatic rings. The molecular formula is C21H24FN5O2S. The van der Waals surface area contributed by atoms with E-state index in [0.29, 0.717) is 17.9 Å². The number of carbonyl (C=O) groups excluding carboxylic acids is 1. The van der Waals surface area contributed by atoms with E-state index in [1.54, 1.807) is 12.1 Å². The van der Waals surface area contributed by atoms with E-state index >= 15 is 0 Å². The summed E-state index contributed by atoms with van der Waals surface area (Å²) in [5.41, 5.74) is 3.49. The quantitative estimate of drug-likeness (QED) is 0.430. The highest BCUT2D eigenvalue weighted by Gasteiger charge is 2.33. The number of carbonyl (C=O) groups is 1. The number of rotatable bonds is 6. The summed E-state index contributed by atoms with van der Waals surface area (Å²) in [5, 5.41) is 1.29. The third-order valence-electron chi connectivity index (χ3n) is 5.41. The maximum absolute atomic E-state index is 14.9. The van der Waals surface area contributed by atoms with Crippen LogP contribution in [-0.4, -0.2) is 62.0 Å². The Morgan fingerprint density at radius 2 is 1.80 bits per heavy atom. The average Bonchev–Trinajstić information content (AvgIpc) is 3.14. The molecule has 2 aromatic rings. The van der Waals surface area contributed by atoms with Crippen LogP contribution in [0.25, 0.3) is 0 Å². The predicted octanol–water partition coefficient (Wildman–Crippen LogP) is 2.61. The number of nitrogens with two attached hydrogens (primary N) is 1. The van der Waals surface area contributed by atoms with E-state index in [1.807, 2.05) is 23.1 Å². The fourth-order valence-corrected chi connectivity index (χ4v) is 3.96. The molecule has 1 atom stereocenters. The number of benzene rings is 2. The number of ether oxygens (including phenoxy) is 1. The molecule has 0 unspecified atom stereocenters. The first-order chi connectivity index (χ1) is 14.5. The Bertz CT molecular complexity index is 908. The highest BCUT2D eigenvalue weighted by atomic mass is 32.1. The predicted molar refractivity (Wildman–Crippen MR) is 119 cm³/mol. The van der Waals surface area contributed by atoms with Crippen molar-refractivity contribution in [2.75, 3.05) is 54.0 Å². The molecule has 2 N–H and O–H groups in total. The van der Waals surface area contributed by atoms with Crippen LogP contribution in [0.3, 0.4) is 0 Å². The molecule has 9 heteroatoms. The zero-order chi connectivity index (χ0) is 21.1. The molecule has 0 spiro atoms. The van der Waals surface area contributed by atoms with Crippen molar-refractivity contribution in [2.24, 2.45) is 5.84 Å². The lowest BCUT2D eigenvalue weighted by Crippen LogP contribution is -2.46. The molecule has 0 bridgehead atoms. The van der Waals surface area contributed by atoms with E-state index in [9.17, 15) is 9.18 Å². The summed E-state index contributed by atoms with van der Waals surface area (Å²) in [5.74, 6) is 5.30. The number of piperazine rings is 1. The number of cyclic esters (lactones) is 1. The van der Waals surface area contributed by atoms with Crippen molar-refractivity contribution in [1.29, 1.82) is 0 Å². The normalized spacial score (nSPS) is 19.1. The maximum atomic E-state index is 14.9. The number of amides is 1. The van der Waals surface area contributed by atoms with E-state index in [2.05, 4.69) is 17.0 Å². The third-order valence-corrected chi connectivity index (χ3v) is 5.68. The minimum atomic E-state index is -0.513. The Morgan fingerprint density at radius 3 is 2.47 bits per heavy atom. The van der Waals surface area contributed by atoms with Crippen molar-refractivity contribution in [1.82, 2.24) is 5.01 Å². The summed E-state index contributed by atoms with van der Waals surface area (Å²) in [6.45, 7) is 3.68. The minimum absolute atomic E-state index is 0.290.